The predicted octanol–water partition coefficient (Wildman–Crippen LogP) is 3.91. The molecular formula is C13H27N. The van der Waals surface area contributed by atoms with Crippen LogP contribution in [0.2, 0.25) is 0 Å². The van der Waals surface area contributed by atoms with Crippen molar-refractivity contribution in [2.45, 2.75) is 47.0 Å². The summed E-state index contributed by atoms with van der Waals surface area (Å²) in [7, 11) is 2.15. The second kappa shape index (κ2) is 6.92. The van der Waals surface area contributed by atoms with Crippen LogP contribution in [0.3, 0.4) is 0 Å². The minimum Gasteiger partial charge on any atom is -0.378 e. The third kappa shape index (κ3) is 4.69. The number of hydrogen-bond donors (Lipinski definition) is 0. The lowest BCUT2D eigenvalue weighted by atomic mass is 9.91. The molecule has 0 N–H and O–H groups in total. The van der Waals surface area contributed by atoms with Crippen molar-refractivity contribution in [1.29, 1.82) is 0 Å². The van der Waals surface area contributed by atoms with Gasteiger partial charge in [-0.25, -0.2) is 0 Å². The first-order valence-corrected chi connectivity index (χ1v) is 5.91. The Kier molecular flexibility index (Phi) is 6.69. The van der Waals surface area contributed by atoms with Gasteiger partial charge in [0.1, 0.15) is 0 Å². The summed E-state index contributed by atoms with van der Waals surface area (Å²) >= 11 is 0. The van der Waals surface area contributed by atoms with Crippen LogP contribution in [0.5, 0.6) is 0 Å². The highest BCUT2D eigenvalue weighted by molar-refractivity contribution is 4.91. The first kappa shape index (κ1) is 13.5. The average molecular weight is 197 g/mol. The normalized spacial score (nSPS) is 14.9. The molecule has 2 unspecified atom stereocenters. The fourth-order valence-electron chi connectivity index (χ4n) is 1.75. The maximum Gasteiger partial charge on any atom is 0.0199 e. The summed E-state index contributed by atoms with van der Waals surface area (Å²) in [5.41, 5.74) is 1.25. The van der Waals surface area contributed by atoms with Crippen LogP contribution in [-0.4, -0.2) is 18.5 Å². The quantitative estimate of drug-likeness (QED) is 0.598. The van der Waals surface area contributed by atoms with Crippen LogP contribution in [0.4, 0.5) is 0 Å². The molecule has 0 bridgehead atoms. The maximum absolute atomic E-state index is 4.06. The first-order chi connectivity index (χ1) is 6.52. The van der Waals surface area contributed by atoms with Crippen molar-refractivity contribution in [3.05, 3.63) is 12.3 Å². The van der Waals surface area contributed by atoms with Crippen LogP contribution >= 0.6 is 0 Å². The number of allylic oxidation sites excluding steroid dienone is 1. The lowest BCUT2D eigenvalue weighted by Gasteiger charge is -2.28. The molecule has 0 aromatic rings. The Morgan fingerprint density at radius 2 is 1.79 bits per heavy atom. The van der Waals surface area contributed by atoms with E-state index in [1.165, 1.54) is 18.5 Å². The van der Waals surface area contributed by atoms with Gasteiger partial charge in [0.25, 0.3) is 0 Å². The van der Waals surface area contributed by atoms with Gasteiger partial charge in [-0.15, -0.1) is 0 Å². The summed E-state index contributed by atoms with van der Waals surface area (Å²) in [4.78, 5) is 2.30. The highest BCUT2D eigenvalue weighted by atomic mass is 15.1. The van der Waals surface area contributed by atoms with Gasteiger partial charge in [-0.05, 0) is 18.3 Å². The van der Waals surface area contributed by atoms with Crippen LogP contribution in [-0.2, 0) is 0 Å². The average Bonchev–Trinajstić information content (AvgIpc) is 2.16. The van der Waals surface area contributed by atoms with E-state index in [4.69, 9.17) is 0 Å². The van der Waals surface area contributed by atoms with E-state index in [1.54, 1.807) is 0 Å². The highest BCUT2D eigenvalue weighted by Crippen LogP contribution is 2.19. The Morgan fingerprint density at radius 1 is 1.21 bits per heavy atom. The molecule has 0 aromatic heterocycles. The van der Waals surface area contributed by atoms with Crippen molar-refractivity contribution in [1.82, 2.24) is 4.90 Å². The lowest BCUT2D eigenvalue weighted by Crippen LogP contribution is -2.26. The summed E-state index contributed by atoms with van der Waals surface area (Å²) in [5.74, 6) is 1.59. The van der Waals surface area contributed by atoms with Crippen molar-refractivity contribution in [3.8, 4) is 0 Å². The SMILES string of the molecule is C=C(CC)N(C)CC(C)C(C)CCC. The fourth-order valence-corrected chi connectivity index (χ4v) is 1.75. The van der Waals surface area contributed by atoms with E-state index in [-0.39, 0.29) is 0 Å². The molecule has 0 saturated heterocycles. The predicted molar refractivity (Wildman–Crippen MR) is 65.3 cm³/mol. The molecule has 0 rings (SSSR count). The zero-order valence-electron chi connectivity index (χ0n) is 10.6. The Labute approximate surface area is 90.2 Å². The topological polar surface area (TPSA) is 3.24 Å². The van der Waals surface area contributed by atoms with Gasteiger partial charge in [0, 0.05) is 19.3 Å². The molecule has 0 saturated carbocycles. The molecular weight excluding hydrogens is 170 g/mol. The third-order valence-electron chi connectivity index (χ3n) is 3.23. The fraction of sp³-hybridized carbons (Fsp3) is 0.846. The van der Waals surface area contributed by atoms with Gasteiger partial charge >= 0.3 is 0 Å². The minimum atomic E-state index is 0.767. The van der Waals surface area contributed by atoms with Gasteiger partial charge in [0.2, 0.25) is 0 Å². The van der Waals surface area contributed by atoms with Crippen molar-refractivity contribution in [2.24, 2.45) is 11.8 Å². The number of rotatable bonds is 7. The highest BCUT2D eigenvalue weighted by Gasteiger charge is 2.13. The zero-order valence-corrected chi connectivity index (χ0v) is 10.6. The summed E-state index contributed by atoms with van der Waals surface area (Å²) in [6, 6.07) is 0. The molecule has 0 heterocycles. The van der Waals surface area contributed by atoms with E-state index >= 15 is 0 Å². The van der Waals surface area contributed by atoms with Crippen LogP contribution in [0.1, 0.15) is 47.0 Å². The zero-order chi connectivity index (χ0) is 11.1. The van der Waals surface area contributed by atoms with Gasteiger partial charge in [-0.3, -0.25) is 0 Å². The standard InChI is InChI=1S/C13H27N/c1-7-9-11(3)12(4)10-14(6)13(5)8-2/h11-12H,5,7-10H2,1-4,6H3. The van der Waals surface area contributed by atoms with Crippen molar-refractivity contribution < 1.29 is 0 Å². The molecule has 0 spiro atoms. The Morgan fingerprint density at radius 3 is 2.21 bits per heavy atom. The Hall–Kier alpha value is -0.460. The van der Waals surface area contributed by atoms with E-state index in [9.17, 15) is 0 Å². The maximum atomic E-state index is 4.06. The van der Waals surface area contributed by atoms with Crippen LogP contribution < -0.4 is 0 Å². The minimum absolute atomic E-state index is 0.767. The monoisotopic (exact) mass is 197 g/mol. The number of hydrogen-bond acceptors (Lipinski definition) is 1. The van der Waals surface area contributed by atoms with E-state index in [1.807, 2.05) is 0 Å². The van der Waals surface area contributed by atoms with Crippen LogP contribution in [0.25, 0.3) is 0 Å². The second-order valence-electron chi connectivity index (χ2n) is 4.54. The molecule has 84 valence electrons. The molecule has 0 amide bonds. The van der Waals surface area contributed by atoms with E-state index in [0.29, 0.717) is 0 Å². The molecule has 0 fully saturated rings. The van der Waals surface area contributed by atoms with Crippen LogP contribution in [0.15, 0.2) is 12.3 Å². The van der Waals surface area contributed by atoms with Crippen molar-refractivity contribution in [2.75, 3.05) is 13.6 Å². The van der Waals surface area contributed by atoms with Crippen molar-refractivity contribution in [3.63, 3.8) is 0 Å². The van der Waals surface area contributed by atoms with Crippen LogP contribution in [0, 0.1) is 11.8 Å². The molecule has 2 atom stereocenters. The smallest absolute Gasteiger partial charge is 0.0199 e. The molecule has 0 radical (unpaired) electrons. The summed E-state index contributed by atoms with van der Waals surface area (Å²) in [6.07, 6.45) is 3.70. The Bertz CT molecular complexity index is 163. The number of nitrogens with zero attached hydrogens (tertiary/aromatic N) is 1. The molecule has 0 aliphatic rings. The van der Waals surface area contributed by atoms with Gasteiger partial charge in [0.15, 0.2) is 0 Å². The van der Waals surface area contributed by atoms with Gasteiger partial charge in [-0.2, -0.15) is 0 Å². The second-order valence-corrected chi connectivity index (χ2v) is 4.54. The summed E-state index contributed by atoms with van der Waals surface area (Å²) in [6.45, 7) is 14.3. The van der Waals surface area contributed by atoms with Crippen molar-refractivity contribution >= 4 is 0 Å². The third-order valence-corrected chi connectivity index (χ3v) is 3.23. The molecule has 1 nitrogen and oxygen atoms in total. The Balaban J connectivity index is 3.91. The van der Waals surface area contributed by atoms with Gasteiger partial charge in [-0.1, -0.05) is 47.1 Å². The molecule has 0 aliphatic carbocycles. The van der Waals surface area contributed by atoms with Gasteiger partial charge < -0.3 is 4.90 Å². The molecule has 14 heavy (non-hydrogen) atoms. The molecule has 0 aliphatic heterocycles. The summed E-state index contributed by atoms with van der Waals surface area (Å²) < 4.78 is 0. The van der Waals surface area contributed by atoms with E-state index < -0.39 is 0 Å². The van der Waals surface area contributed by atoms with E-state index in [0.717, 1.165) is 24.8 Å². The molecule has 0 aromatic carbocycles. The largest absolute Gasteiger partial charge is 0.378 e. The van der Waals surface area contributed by atoms with E-state index in [2.05, 4.69) is 46.2 Å². The lowest BCUT2D eigenvalue weighted by molar-refractivity contribution is 0.266. The molecule has 1 heteroatoms. The first-order valence-electron chi connectivity index (χ1n) is 5.91. The van der Waals surface area contributed by atoms with Gasteiger partial charge in [0.05, 0.1) is 0 Å². The summed E-state index contributed by atoms with van der Waals surface area (Å²) in [5, 5.41) is 0.